The van der Waals surface area contributed by atoms with Crippen LogP contribution in [0.4, 0.5) is 0 Å². The Morgan fingerprint density at radius 3 is 2.83 bits per heavy atom. The zero-order valence-electron chi connectivity index (χ0n) is 13.7. The molecule has 0 amide bonds. The van der Waals surface area contributed by atoms with Gasteiger partial charge < -0.3 is 10.2 Å². The van der Waals surface area contributed by atoms with Crippen molar-refractivity contribution in [2.24, 2.45) is 10.1 Å². The number of hydrogen-bond acceptors (Lipinski definition) is 4. The maximum Gasteiger partial charge on any atom is 0.238 e. The Morgan fingerprint density at radius 2 is 2.22 bits per heavy atom. The summed E-state index contributed by atoms with van der Waals surface area (Å²) < 4.78 is 23.0. The van der Waals surface area contributed by atoms with Gasteiger partial charge in [0.2, 0.25) is 10.0 Å². The average Bonchev–Trinajstić information content (AvgIpc) is 2.46. The third-order valence-electron chi connectivity index (χ3n) is 3.61. The summed E-state index contributed by atoms with van der Waals surface area (Å²) in [5.74, 6) is 1.90. The Morgan fingerprint density at radius 1 is 1.48 bits per heavy atom. The fourth-order valence-corrected chi connectivity index (χ4v) is 4.24. The molecule has 23 heavy (non-hydrogen) atoms. The highest BCUT2D eigenvalue weighted by Crippen LogP contribution is 2.29. The molecule has 1 saturated heterocycles. The van der Waals surface area contributed by atoms with Gasteiger partial charge in [-0.3, -0.25) is 4.99 Å². The van der Waals surface area contributed by atoms with Crippen LogP contribution < -0.4 is 10.5 Å². The third kappa shape index (κ3) is 5.12. The predicted octanol–water partition coefficient (Wildman–Crippen LogP) is 1.24. The van der Waals surface area contributed by atoms with Gasteiger partial charge >= 0.3 is 0 Å². The van der Waals surface area contributed by atoms with Gasteiger partial charge in [0.05, 0.1) is 4.90 Å². The molecule has 0 aromatic heterocycles. The standard InChI is InChI=1S/C15H24N4O2S2/c1-15(2)11-19(7-8-22-15)14(17-3)18-10-12-5-4-6-13(9-12)23(16,20)21/h4-6,9H,7-8,10-11H2,1-3H3,(H,17,18)(H2,16,20,21). The zero-order valence-corrected chi connectivity index (χ0v) is 15.4. The highest BCUT2D eigenvalue weighted by atomic mass is 32.2. The Hall–Kier alpha value is -1.25. The number of aliphatic imine (C=N–C) groups is 1. The van der Waals surface area contributed by atoms with Gasteiger partial charge in [-0.2, -0.15) is 11.8 Å². The van der Waals surface area contributed by atoms with Crippen LogP contribution in [0.5, 0.6) is 0 Å². The molecule has 128 valence electrons. The second-order valence-corrected chi connectivity index (χ2v) is 9.49. The first-order valence-electron chi connectivity index (χ1n) is 7.42. The molecule has 1 aliphatic rings. The van der Waals surface area contributed by atoms with E-state index in [2.05, 4.69) is 29.1 Å². The van der Waals surface area contributed by atoms with E-state index in [4.69, 9.17) is 5.14 Å². The van der Waals surface area contributed by atoms with E-state index in [1.54, 1.807) is 19.2 Å². The largest absolute Gasteiger partial charge is 0.352 e. The number of sulfonamides is 1. The van der Waals surface area contributed by atoms with Crippen molar-refractivity contribution in [3.63, 3.8) is 0 Å². The fourth-order valence-electron chi connectivity index (χ4n) is 2.54. The number of rotatable bonds is 3. The third-order valence-corrected chi connectivity index (χ3v) is 5.82. The van der Waals surface area contributed by atoms with Crippen molar-refractivity contribution in [3.8, 4) is 0 Å². The average molecular weight is 357 g/mol. The Labute approximate surface area is 142 Å². The Bertz CT molecular complexity index is 686. The predicted molar refractivity (Wildman–Crippen MR) is 96.1 cm³/mol. The van der Waals surface area contributed by atoms with Crippen LogP contribution in [-0.2, 0) is 16.6 Å². The highest BCUT2D eigenvalue weighted by molar-refractivity contribution is 8.00. The van der Waals surface area contributed by atoms with Gasteiger partial charge in [0.1, 0.15) is 0 Å². The molecule has 0 spiro atoms. The second kappa shape index (κ2) is 7.11. The summed E-state index contributed by atoms with van der Waals surface area (Å²) in [6, 6.07) is 6.65. The molecule has 0 atom stereocenters. The summed E-state index contributed by atoms with van der Waals surface area (Å²) in [5, 5.41) is 8.47. The first-order chi connectivity index (χ1) is 10.7. The maximum atomic E-state index is 11.4. The van der Waals surface area contributed by atoms with E-state index in [1.807, 2.05) is 17.8 Å². The molecule has 0 aliphatic carbocycles. The minimum atomic E-state index is -3.68. The quantitative estimate of drug-likeness (QED) is 0.628. The monoisotopic (exact) mass is 356 g/mol. The normalized spacial score (nSPS) is 18.8. The van der Waals surface area contributed by atoms with Crippen LogP contribution in [0, 0.1) is 0 Å². The molecule has 1 aromatic carbocycles. The number of primary sulfonamides is 1. The number of hydrogen-bond donors (Lipinski definition) is 2. The topological polar surface area (TPSA) is 87.8 Å². The van der Waals surface area contributed by atoms with E-state index in [0.717, 1.165) is 30.4 Å². The van der Waals surface area contributed by atoms with Crippen molar-refractivity contribution in [1.29, 1.82) is 0 Å². The molecule has 1 aliphatic heterocycles. The molecule has 1 aromatic rings. The minimum absolute atomic E-state index is 0.127. The van der Waals surface area contributed by atoms with E-state index in [1.165, 1.54) is 6.07 Å². The van der Waals surface area contributed by atoms with Crippen molar-refractivity contribution >= 4 is 27.7 Å². The molecular weight excluding hydrogens is 332 g/mol. The molecule has 0 unspecified atom stereocenters. The number of thioether (sulfide) groups is 1. The number of guanidine groups is 1. The van der Waals surface area contributed by atoms with Gasteiger partial charge in [-0.15, -0.1) is 0 Å². The van der Waals surface area contributed by atoms with Gasteiger partial charge in [-0.1, -0.05) is 12.1 Å². The summed E-state index contributed by atoms with van der Waals surface area (Å²) in [6.07, 6.45) is 0. The lowest BCUT2D eigenvalue weighted by molar-refractivity contribution is 0.375. The molecule has 6 nitrogen and oxygen atoms in total. The van der Waals surface area contributed by atoms with Gasteiger partial charge in [0.25, 0.3) is 0 Å². The molecule has 0 bridgehead atoms. The molecule has 1 fully saturated rings. The van der Waals surface area contributed by atoms with Crippen LogP contribution in [0.2, 0.25) is 0 Å². The molecule has 1 heterocycles. The van der Waals surface area contributed by atoms with Crippen molar-refractivity contribution in [1.82, 2.24) is 10.2 Å². The lowest BCUT2D eigenvalue weighted by Gasteiger charge is -2.39. The Kier molecular flexibility index (Phi) is 5.59. The van der Waals surface area contributed by atoms with Crippen molar-refractivity contribution < 1.29 is 8.42 Å². The minimum Gasteiger partial charge on any atom is -0.352 e. The lowest BCUT2D eigenvalue weighted by Crippen LogP contribution is -2.50. The fraction of sp³-hybridized carbons (Fsp3) is 0.533. The second-order valence-electron chi connectivity index (χ2n) is 6.12. The molecule has 3 N–H and O–H groups in total. The molecule has 0 radical (unpaired) electrons. The molecule has 0 saturated carbocycles. The zero-order chi connectivity index (χ0) is 17.1. The van der Waals surface area contributed by atoms with Crippen molar-refractivity contribution in [2.45, 2.75) is 30.0 Å². The van der Waals surface area contributed by atoms with Crippen LogP contribution in [0.3, 0.4) is 0 Å². The van der Waals surface area contributed by atoms with Crippen molar-refractivity contribution in [3.05, 3.63) is 29.8 Å². The molecule has 8 heteroatoms. The number of nitrogens with zero attached hydrogens (tertiary/aromatic N) is 2. The van der Waals surface area contributed by atoms with Crippen LogP contribution in [0.15, 0.2) is 34.2 Å². The van der Waals surface area contributed by atoms with Gasteiger partial charge in [-0.25, -0.2) is 13.6 Å². The first-order valence-corrected chi connectivity index (χ1v) is 9.96. The maximum absolute atomic E-state index is 11.4. The van der Waals surface area contributed by atoms with Gasteiger partial charge in [-0.05, 0) is 31.5 Å². The van der Waals surface area contributed by atoms with Crippen LogP contribution in [0.25, 0.3) is 0 Å². The van der Waals surface area contributed by atoms with Crippen LogP contribution in [-0.4, -0.2) is 49.9 Å². The van der Waals surface area contributed by atoms with E-state index in [-0.39, 0.29) is 9.64 Å². The lowest BCUT2D eigenvalue weighted by atomic mass is 10.2. The summed E-state index contributed by atoms with van der Waals surface area (Å²) in [7, 11) is -1.91. The van der Waals surface area contributed by atoms with E-state index in [9.17, 15) is 8.42 Å². The number of nitrogens with one attached hydrogen (secondary N) is 1. The SMILES string of the molecule is CN=C(NCc1cccc(S(N)(=O)=O)c1)N1CCSC(C)(C)C1. The van der Waals surface area contributed by atoms with Crippen molar-refractivity contribution in [2.75, 3.05) is 25.9 Å². The molecule has 2 rings (SSSR count). The van der Waals surface area contributed by atoms with Crippen LogP contribution >= 0.6 is 11.8 Å². The smallest absolute Gasteiger partial charge is 0.238 e. The summed E-state index contributed by atoms with van der Waals surface area (Å²) in [6.45, 7) is 6.83. The van der Waals surface area contributed by atoms with Crippen LogP contribution in [0.1, 0.15) is 19.4 Å². The number of benzene rings is 1. The summed E-state index contributed by atoms with van der Waals surface area (Å²) in [5.41, 5.74) is 0.850. The number of nitrogens with two attached hydrogens (primary N) is 1. The van der Waals surface area contributed by atoms with E-state index in [0.29, 0.717) is 6.54 Å². The van der Waals surface area contributed by atoms with E-state index >= 15 is 0 Å². The Balaban J connectivity index is 2.04. The summed E-state index contributed by atoms with van der Waals surface area (Å²) >= 11 is 1.97. The highest BCUT2D eigenvalue weighted by Gasteiger charge is 2.28. The van der Waals surface area contributed by atoms with Gasteiger partial charge in [0, 0.05) is 37.2 Å². The summed E-state index contributed by atoms with van der Waals surface area (Å²) in [4.78, 5) is 6.71. The van der Waals surface area contributed by atoms with E-state index < -0.39 is 10.0 Å². The first kappa shape index (κ1) is 18.1. The van der Waals surface area contributed by atoms with Gasteiger partial charge in [0.15, 0.2) is 5.96 Å². The molecular formula is C15H24N4O2S2.